The Labute approximate surface area is 560 Å². The molecule has 0 heteroatoms. The van der Waals surface area contributed by atoms with Gasteiger partial charge in [-0.05, 0) is 212 Å². The lowest BCUT2D eigenvalue weighted by Gasteiger charge is -2.18. The van der Waals surface area contributed by atoms with E-state index in [1.165, 1.54) is 176 Å². The molecule has 0 heterocycles. The van der Waals surface area contributed by atoms with Gasteiger partial charge in [0.2, 0.25) is 0 Å². The number of hydrogen-bond donors (Lipinski definition) is 0. The van der Waals surface area contributed by atoms with E-state index in [9.17, 15) is 0 Å². The van der Waals surface area contributed by atoms with Gasteiger partial charge in [0.25, 0.3) is 0 Å². The molecule has 0 N–H and O–H groups in total. The predicted octanol–water partition coefficient (Wildman–Crippen LogP) is 27.0. The van der Waals surface area contributed by atoms with Crippen LogP contribution in [0.25, 0.3) is 176 Å². The van der Waals surface area contributed by atoms with Gasteiger partial charge in [0.1, 0.15) is 0 Å². The number of rotatable bonds is 10. The first kappa shape index (κ1) is 57.4. The molecular formula is C96H64. The SMILES string of the molecule is c1ccc(-c2ccc(-c3cccc(-c4cccc(-c5c6ccccc6c(-c6ccc7ccccc7c6)c6ccccc56)c4)c3)cc2)cc1.c1ccc(-c2ccccc2-c2cccc(-c3cccc(-c4c5ccccc5c(-c5ccc6ccccc6c5)c5ccccc45)c3)c2)cc1. The fraction of sp³-hybridized carbons (Fsp3) is 0. The first-order chi connectivity index (χ1) is 47.6. The zero-order valence-electron chi connectivity index (χ0n) is 53.0. The standard InChI is InChI=1S/2C48H32/c1-2-12-33(13-3-1)35-24-26-36(27-25-35)38-16-10-17-39(30-38)40-18-11-19-41(32-40)47-43-20-6-8-22-45(43)48(46-23-9-7-21-44(46)47)42-29-28-34-14-4-5-15-37(34)31-42;1-2-15-34(16-3-1)41-22-6-7-23-42(41)38-20-12-18-36(30-38)37-19-13-21-39(32-37)47-43-24-8-10-26-45(43)48(46-27-11-9-25-44(46)47)40-29-28-33-14-4-5-17-35(33)31-40/h2*1-32H. The van der Waals surface area contributed by atoms with Crippen molar-refractivity contribution in [2.45, 2.75) is 0 Å². The molecule has 0 nitrogen and oxygen atoms in total. The third-order valence-electron chi connectivity index (χ3n) is 19.3. The smallest absolute Gasteiger partial charge is 0.00262 e. The van der Waals surface area contributed by atoms with Gasteiger partial charge in [0.05, 0.1) is 0 Å². The molecule has 0 spiro atoms. The first-order valence-electron chi connectivity index (χ1n) is 33.2. The van der Waals surface area contributed by atoms with Crippen LogP contribution in [0.3, 0.4) is 0 Å². The summed E-state index contributed by atoms with van der Waals surface area (Å²) in [6.07, 6.45) is 0. The van der Waals surface area contributed by atoms with Gasteiger partial charge in [0, 0.05) is 0 Å². The lowest BCUT2D eigenvalue weighted by Crippen LogP contribution is -1.91. The molecule has 0 aliphatic heterocycles. The topological polar surface area (TPSA) is 0 Å². The Morgan fingerprint density at radius 1 is 0.104 bits per heavy atom. The molecule has 0 saturated carbocycles. The summed E-state index contributed by atoms with van der Waals surface area (Å²) in [5.41, 5.74) is 24.7. The van der Waals surface area contributed by atoms with Gasteiger partial charge in [-0.2, -0.15) is 0 Å². The van der Waals surface area contributed by atoms with Crippen molar-refractivity contribution in [1.82, 2.24) is 0 Å². The third-order valence-corrected chi connectivity index (χ3v) is 19.3. The van der Waals surface area contributed by atoms with E-state index in [2.05, 4.69) is 388 Å². The van der Waals surface area contributed by atoms with Crippen LogP contribution in [-0.2, 0) is 0 Å². The van der Waals surface area contributed by atoms with Crippen LogP contribution in [0.15, 0.2) is 388 Å². The Hall–Kier alpha value is -12.5. The fourth-order valence-corrected chi connectivity index (χ4v) is 14.7. The maximum Gasteiger partial charge on any atom is -0.00262 e. The highest BCUT2D eigenvalue weighted by atomic mass is 14.2. The summed E-state index contributed by atoms with van der Waals surface area (Å²) in [7, 11) is 0. The lowest BCUT2D eigenvalue weighted by atomic mass is 9.85. The van der Waals surface area contributed by atoms with Crippen molar-refractivity contribution in [1.29, 1.82) is 0 Å². The fourth-order valence-electron chi connectivity index (χ4n) is 14.7. The highest BCUT2D eigenvalue weighted by Crippen LogP contribution is 2.47. The van der Waals surface area contributed by atoms with Gasteiger partial charge in [-0.1, -0.05) is 352 Å². The van der Waals surface area contributed by atoms with Crippen molar-refractivity contribution in [3.8, 4) is 111 Å². The highest BCUT2D eigenvalue weighted by Gasteiger charge is 2.20. The maximum absolute atomic E-state index is 2.37. The first-order valence-corrected chi connectivity index (χ1v) is 33.2. The van der Waals surface area contributed by atoms with Crippen LogP contribution in [0.4, 0.5) is 0 Å². The summed E-state index contributed by atoms with van der Waals surface area (Å²) in [4.78, 5) is 0. The van der Waals surface area contributed by atoms with E-state index in [1.807, 2.05) is 0 Å². The molecule has 0 aliphatic carbocycles. The van der Waals surface area contributed by atoms with E-state index in [0.717, 1.165) is 0 Å². The zero-order chi connectivity index (χ0) is 63.7. The van der Waals surface area contributed by atoms with Crippen LogP contribution in [0.5, 0.6) is 0 Å². The van der Waals surface area contributed by atoms with Gasteiger partial charge < -0.3 is 0 Å². The Balaban J connectivity index is 0.000000145. The van der Waals surface area contributed by atoms with E-state index in [1.54, 1.807) is 0 Å². The quantitative estimate of drug-likeness (QED) is 0.120. The van der Waals surface area contributed by atoms with Gasteiger partial charge in [-0.3, -0.25) is 0 Å². The molecule has 18 aromatic rings. The van der Waals surface area contributed by atoms with Crippen molar-refractivity contribution < 1.29 is 0 Å². The van der Waals surface area contributed by atoms with E-state index >= 15 is 0 Å². The van der Waals surface area contributed by atoms with Crippen molar-refractivity contribution in [2.24, 2.45) is 0 Å². The minimum atomic E-state index is 1.21. The summed E-state index contributed by atoms with van der Waals surface area (Å²) in [5, 5.41) is 15.2. The zero-order valence-corrected chi connectivity index (χ0v) is 53.0. The van der Waals surface area contributed by atoms with Crippen LogP contribution in [0, 0.1) is 0 Å². The molecule has 0 unspecified atom stereocenters. The summed E-state index contributed by atoms with van der Waals surface area (Å²) in [6, 6.07) is 141. The maximum atomic E-state index is 2.37. The molecule has 18 aromatic carbocycles. The second-order valence-corrected chi connectivity index (χ2v) is 25.0. The second-order valence-electron chi connectivity index (χ2n) is 25.0. The van der Waals surface area contributed by atoms with Crippen molar-refractivity contribution in [3.63, 3.8) is 0 Å². The Morgan fingerprint density at radius 2 is 0.323 bits per heavy atom. The summed E-state index contributed by atoms with van der Waals surface area (Å²) in [5.74, 6) is 0. The van der Waals surface area contributed by atoms with Crippen LogP contribution >= 0.6 is 0 Å². The van der Waals surface area contributed by atoms with Crippen LogP contribution < -0.4 is 0 Å². The molecular weight excluding hydrogens is 1150 g/mol. The minimum absolute atomic E-state index is 1.21. The van der Waals surface area contributed by atoms with Crippen molar-refractivity contribution in [3.05, 3.63) is 388 Å². The Morgan fingerprint density at radius 3 is 0.708 bits per heavy atom. The van der Waals surface area contributed by atoms with E-state index < -0.39 is 0 Å². The van der Waals surface area contributed by atoms with Crippen LogP contribution in [-0.4, -0.2) is 0 Å². The number of benzene rings is 18. The van der Waals surface area contributed by atoms with E-state index in [-0.39, 0.29) is 0 Å². The molecule has 0 saturated heterocycles. The molecule has 0 bridgehead atoms. The van der Waals surface area contributed by atoms with E-state index in [4.69, 9.17) is 0 Å². The van der Waals surface area contributed by atoms with Crippen LogP contribution in [0.2, 0.25) is 0 Å². The average Bonchev–Trinajstić information content (AvgIpc) is 0.741. The molecule has 0 atom stereocenters. The molecule has 0 aromatic heterocycles. The molecule has 448 valence electrons. The summed E-state index contributed by atoms with van der Waals surface area (Å²) in [6.45, 7) is 0. The monoisotopic (exact) mass is 1220 g/mol. The van der Waals surface area contributed by atoms with Crippen LogP contribution in [0.1, 0.15) is 0 Å². The average molecular weight is 1220 g/mol. The molecule has 0 fully saturated rings. The highest BCUT2D eigenvalue weighted by molar-refractivity contribution is 6.23. The molecule has 0 radical (unpaired) electrons. The summed E-state index contributed by atoms with van der Waals surface area (Å²) >= 11 is 0. The van der Waals surface area contributed by atoms with Gasteiger partial charge in [-0.15, -0.1) is 0 Å². The van der Waals surface area contributed by atoms with Crippen molar-refractivity contribution in [2.75, 3.05) is 0 Å². The minimum Gasteiger partial charge on any atom is -0.0622 e. The molecule has 0 aliphatic rings. The Bertz CT molecular complexity index is 5820. The number of fused-ring (bicyclic) bond motifs is 6. The second kappa shape index (κ2) is 25.2. The third kappa shape index (κ3) is 10.9. The largest absolute Gasteiger partial charge is 0.0622 e. The molecule has 18 rings (SSSR count). The lowest BCUT2D eigenvalue weighted by molar-refractivity contribution is 1.57. The molecule has 96 heavy (non-hydrogen) atoms. The van der Waals surface area contributed by atoms with Gasteiger partial charge in [-0.25, -0.2) is 0 Å². The predicted molar refractivity (Wildman–Crippen MR) is 412 cm³/mol. The number of hydrogen-bond acceptors (Lipinski definition) is 0. The summed E-state index contributed by atoms with van der Waals surface area (Å²) < 4.78 is 0. The van der Waals surface area contributed by atoms with Gasteiger partial charge in [0.15, 0.2) is 0 Å². The normalized spacial score (nSPS) is 11.3. The molecule has 0 amide bonds. The van der Waals surface area contributed by atoms with Gasteiger partial charge >= 0.3 is 0 Å². The Kier molecular flexibility index (Phi) is 15.1. The van der Waals surface area contributed by atoms with E-state index in [0.29, 0.717) is 0 Å². The van der Waals surface area contributed by atoms with Crippen molar-refractivity contribution >= 4 is 64.6 Å².